The number of hydrogen-bond donors (Lipinski definition) is 1. The Morgan fingerprint density at radius 3 is 2.00 bits per heavy atom. The number of aliphatic hydroxyl groups excluding tert-OH is 1. The minimum Gasteiger partial charge on any atom is -0.388 e. The van der Waals surface area contributed by atoms with Gasteiger partial charge >= 0.3 is 0 Å². The molecule has 1 N–H and O–H groups in total. The van der Waals surface area contributed by atoms with Gasteiger partial charge in [-0.3, -0.25) is 14.4 Å². The third-order valence-corrected chi connectivity index (χ3v) is 7.31. The third kappa shape index (κ3) is 8.40. The summed E-state index contributed by atoms with van der Waals surface area (Å²) < 4.78 is 0. The first-order valence-electron chi connectivity index (χ1n) is 13.6. The van der Waals surface area contributed by atoms with Crippen LogP contribution >= 0.6 is 0 Å². The van der Waals surface area contributed by atoms with Crippen molar-refractivity contribution in [2.24, 2.45) is 5.92 Å². The molecule has 1 aliphatic carbocycles. The van der Waals surface area contributed by atoms with Crippen molar-refractivity contribution in [1.29, 1.82) is 0 Å². The summed E-state index contributed by atoms with van der Waals surface area (Å²) >= 11 is 0. The van der Waals surface area contributed by atoms with E-state index in [9.17, 15) is 19.5 Å². The number of aliphatic hydroxyl groups is 1. The zero-order valence-electron chi connectivity index (χ0n) is 22.2. The number of aryl methyl sites for hydroxylation is 1. The summed E-state index contributed by atoms with van der Waals surface area (Å²) in [4.78, 5) is 38.1. The number of ketones is 2. The van der Waals surface area contributed by atoms with E-state index < -0.39 is 30.1 Å². The molecule has 0 saturated heterocycles. The number of nitrogens with zero attached hydrogens (tertiary/aromatic N) is 1. The minimum atomic E-state index is -1.28. The van der Waals surface area contributed by atoms with Crippen LogP contribution in [-0.2, 0) is 16.0 Å². The molecular weight excluding hydrogens is 462 g/mol. The molecule has 1 saturated carbocycles. The molecule has 1 aliphatic rings. The molecule has 0 aliphatic heterocycles. The van der Waals surface area contributed by atoms with Crippen LogP contribution < -0.4 is 0 Å². The highest BCUT2D eigenvalue weighted by atomic mass is 16.3. The fourth-order valence-corrected chi connectivity index (χ4v) is 5.05. The van der Waals surface area contributed by atoms with Crippen LogP contribution in [-0.4, -0.2) is 47.2 Å². The van der Waals surface area contributed by atoms with Crippen molar-refractivity contribution in [1.82, 2.24) is 4.90 Å². The molecule has 0 heterocycles. The Morgan fingerprint density at radius 1 is 0.892 bits per heavy atom. The molecule has 37 heavy (non-hydrogen) atoms. The molecule has 3 rings (SSSR count). The normalized spacial score (nSPS) is 14.7. The Bertz CT molecular complexity index is 1080. The number of carbonyl (C=O) groups excluding carboxylic acids is 3. The fraction of sp³-hybridized carbons (Fsp3) is 0.469. The second-order valence-electron chi connectivity index (χ2n) is 10.0. The number of amides is 1. The van der Waals surface area contributed by atoms with Crippen LogP contribution in [0, 0.1) is 17.8 Å². The second kappa shape index (κ2) is 14.5. The van der Waals surface area contributed by atoms with Crippen molar-refractivity contribution >= 4 is 17.5 Å². The topological polar surface area (TPSA) is 74.7 Å². The summed E-state index contributed by atoms with van der Waals surface area (Å²) in [6.07, 6.45) is 12.2. The molecule has 1 atom stereocenters. The highest BCUT2D eigenvalue weighted by molar-refractivity contribution is 6.10. The van der Waals surface area contributed by atoms with Gasteiger partial charge in [0.2, 0.25) is 0 Å². The third-order valence-electron chi connectivity index (χ3n) is 7.31. The van der Waals surface area contributed by atoms with E-state index in [1.54, 1.807) is 31.2 Å². The SMILES string of the molecule is CCC(=O)C(C(=O)CO)N(C)C(=O)c1ccc(C#Cc2ccc(CCCC3CCCCCC3)cc2)cc1. The maximum Gasteiger partial charge on any atom is 0.254 e. The Morgan fingerprint density at radius 2 is 1.46 bits per heavy atom. The average Bonchev–Trinajstić information content (AvgIpc) is 3.21. The lowest BCUT2D eigenvalue weighted by Gasteiger charge is -2.25. The Hall–Kier alpha value is -3.23. The van der Waals surface area contributed by atoms with Crippen molar-refractivity contribution in [2.75, 3.05) is 13.7 Å². The smallest absolute Gasteiger partial charge is 0.254 e. The van der Waals surface area contributed by atoms with Gasteiger partial charge in [0, 0.05) is 30.2 Å². The molecule has 5 nitrogen and oxygen atoms in total. The van der Waals surface area contributed by atoms with Gasteiger partial charge in [-0.1, -0.05) is 75.8 Å². The zero-order valence-corrected chi connectivity index (χ0v) is 22.2. The summed E-state index contributed by atoms with van der Waals surface area (Å²) in [7, 11) is 1.41. The number of benzene rings is 2. The first-order chi connectivity index (χ1) is 17.9. The molecular formula is C32H39NO4. The van der Waals surface area contributed by atoms with Gasteiger partial charge in [0.05, 0.1) is 0 Å². The highest BCUT2D eigenvalue weighted by Gasteiger charge is 2.32. The van der Waals surface area contributed by atoms with Gasteiger partial charge in [-0.05, 0) is 60.7 Å². The van der Waals surface area contributed by atoms with Crippen LogP contribution in [0.5, 0.6) is 0 Å². The lowest BCUT2D eigenvalue weighted by atomic mass is 9.93. The van der Waals surface area contributed by atoms with E-state index in [0.29, 0.717) is 5.56 Å². The predicted molar refractivity (Wildman–Crippen MR) is 146 cm³/mol. The van der Waals surface area contributed by atoms with Gasteiger partial charge in [0.25, 0.3) is 5.91 Å². The summed E-state index contributed by atoms with van der Waals surface area (Å²) in [5, 5.41) is 9.20. The molecule has 0 aromatic heterocycles. The molecule has 5 heteroatoms. The quantitative estimate of drug-likeness (QED) is 0.270. The molecule has 1 unspecified atom stereocenters. The Kier molecular flexibility index (Phi) is 11.1. The molecule has 2 aromatic rings. The standard InChI is InChI=1S/C32H39NO4/c1-3-29(35)31(30(36)23-34)33(2)32(37)28-21-19-27(20-22-28)18-17-26-15-13-25(14-16-26)12-8-11-24-9-6-4-5-7-10-24/h13-16,19-22,24,31,34H,3-12,23H2,1-2H3. The van der Waals surface area contributed by atoms with Crippen molar-refractivity contribution in [3.63, 3.8) is 0 Å². The van der Waals surface area contributed by atoms with E-state index in [2.05, 4.69) is 36.1 Å². The van der Waals surface area contributed by atoms with Gasteiger partial charge in [-0.25, -0.2) is 0 Å². The lowest BCUT2D eigenvalue weighted by Crippen LogP contribution is -2.48. The van der Waals surface area contributed by atoms with Gasteiger partial charge in [0.15, 0.2) is 17.6 Å². The molecule has 0 radical (unpaired) electrons. The van der Waals surface area contributed by atoms with Crippen LogP contribution in [0.25, 0.3) is 0 Å². The molecule has 0 spiro atoms. The van der Waals surface area contributed by atoms with E-state index in [0.717, 1.165) is 28.4 Å². The largest absolute Gasteiger partial charge is 0.388 e. The highest BCUT2D eigenvalue weighted by Crippen LogP contribution is 2.27. The number of likely N-dealkylation sites (N-methyl/N-ethyl adjacent to an activating group) is 1. The van der Waals surface area contributed by atoms with E-state index in [1.807, 2.05) is 0 Å². The number of rotatable bonds is 10. The summed E-state index contributed by atoms with van der Waals surface area (Å²) in [6.45, 7) is 0.836. The van der Waals surface area contributed by atoms with E-state index in [-0.39, 0.29) is 6.42 Å². The van der Waals surface area contributed by atoms with Crippen LogP contribution in [0.4, 0.5) is 0 Å². The molecule has 2 aromatic carbocycles. The van der Waals surface area contributed by atoms with Crippen LogP contribution in [0.2, 0.25) is 0 Å². The summed E-state index contributed by atoms with van der Waals surface area (Å²) in [5.74, 6) is 5.68. The first-order valence-corrected chi connectivity index (χ1v) is 13.6. The predicted octanol–water partition coefficient (Wildman–Crippen LogP) is 5.36. The van der Waals surface area contributed by atoms with Crippen molar-refractivity contribution < 1.29 is 19.5 Å². The van der Waals surface area contributed by atoms with Crippen LogP contribution in [0.15, 0.2) is 48.5 Å². The Balaban J connectivity index is 1.55. The summed E-state index contributed by atoms with van der Waals surface area (Å²) in [5.41, 5.74) is 3.40. The van der Waals surface area contributed by atoms with E-state index in [4.69, 9.17) is 0 Å². The van der Waals surface area contributed by atoms with Gasteiger partial charge < -0.3 is 10.0 Å². The van der Waals surface area contributed by atoms with E-state index in [1.165, 1.54) is 64.0 Å². The molecule has 0 bridgehead atoms. The molecule has 1 amide bonds. The first kappa shape index (κ1) is 28.3. The van der Waals surface area contributed by atoms with Crippen molar-refractivity contribution in [3.8, 4) is 11.8 Å². The van der Waals surface area contributed by atoms with Crippen molar-refractivity contribution in [2.45, 2.75) is 77.2 Å². The maximum absolute atomic E-state index is 12.8. The second-order valence-corrected chi connectivity index (χ2v) is 10.0. The number of carbonyl (C=O) groups is 3. The van der Waals surface area contributed by atoms with Gasteiger partial charge in [-0.2, -0.15) is 0 Å². The molecule has 1 fully saturated rings. The zero-order chi connectivity index (χ0) is 26.6. The summed E-state index contributed by atoms with van der Waals surface area (Å²) in [6, 6.07) is 13.9. The maximum atomic E-state index is 12.8. The fourth-order valence-electron chi connectivity index (χ4n) is 5.05. The lowest BCUT2D eigenvalue weighted by molar-refractivity contribution is -0.134. The Labute approximate surface area is 221 Å². The van der Waals surface area contributed by atoms with Crippen LogP contribution in [0.1, 0.15) is 91.8 Å². The van der Waals surface area contributed by atoms with Crippen LogP contribution in [0.3, 0.4) is 0 Å². The van der Waals surface area contributed by atoms with Gasteiger partial charge in [-0.15, -0.1) is 0 Å². The minimum absolute atomic E-state index is 0.101. The number of Topliss-reactive ketones (excluding diaryl/α,β-unsaturated/α-hetero) is 2. The molecule has 196 valence electrons. The number of hydrogen-bond acceptors (Lipinski definition) is 4. The van der Waals surface area contributed by atoms with E-state index >= 15 is 0 Å². The van der Waals surface area contributed by atoms with Crippen molar-refractivity contribution in [3.05, 3.63) is 70.8 Å². The van der Waals surface area contributed by atoms with Gasteiger partial charge in [0.1, 0.15) is 6.61 Å². The average molecular weight is 502 g/mol. The monoisotopic (exact) mass is 501 g/mol.